The van der Waals surface area contributed by atoms with Crippen LogP contribution in [0.5, 0.6) is 11.5 Å². The van der Waals surface area contributed by atoms with Gasteiger partial charge in [0.1, 0.15) is 11.5 Å². The number of nitrogens with one attached hydrogen (secondary N) is 2. The van der Waals surface area contributed by atoms with E-state index in [1.165, 1.54) is 12.8 Å². The lowest BCUT2D eigenvalue weighted by molar-refractivity contribution is 0.0944. The first-order valence-corrected chi connectivity index (χ1v) is 8.13. The van der Waals surface area contributed by atoms with E-state index in [2.05, 4.69) is 10.6 Å². The summed E-state index contributed by atoms with van der Waals surface area (Å²) in [6.45, 7) is 2.79. The molecule has 1 aliphatic rings. The minimum absolute atomic E-state index is 0.0471. The van der Waals surface area contributed by atoms with Gasteiger partial charge in [0.25, 0.3) is 5.91 Å². The normalized spacial score (nSPS) is 17.5. The van der Waals surface area contributed by atoms with Crippen LogP contribution in [-0.4, -0.2) is 25.5 Å². The standard InChI is InChI=1S/C19H22N2O2/c22-19(21-14-15-6-5-11-20-13-15)16-7-4-10-18(12-16)23-17-8-2-1-3-9-17/h1-4,7-10,12,15,20H,5-6,11,13-14H2,(H,21,22). The first-order valence-electron chi connectivity index (χ1n) is 8.13. The lowest BCUT2D eigenvalue weighted by Crippen LogP contribution is -2.38. The van der Waals surface area contributed by atoms with E-state index in [-0.39, 0.29) is 5.91 Å². The molecule has 0 spiro atoms. The van der Waals surface area contributed by atoms with E-state index in [0.717, 1.165) is 25.4 Å². The Hall–Kier alpha value is -2.33. The van der Waals surface area contributed by atoms with Gasteiger partial charge in [0.05, 0.1) is 0 Å². The molecule has 1 amide bonds. The SMILES string of the molecule is O=C(NCC1CCCNC1)c1cccc(Oc2ccccc2)c1. The molecular formula is C19H22N2O2. The van der Waals surface area contributed by atoms with E-state index >= 15 is 0 Å². The Labute approximate surface area is 136 Å². The third-order valence-corrected chi connectivity index (χ3v) is 4.03. The third kappa shape index (κ3) is 4.57. The zero-order valence-corrected chi connectivity index (χ0v) is 13.1. The fraction of sp³-hybridized carbons (Fsp3) is 0.316. The van der Waals surface area contributed by atoms with Crippen molar-refractivity contribution in [2.45, 2.75) is 12.8 Å². The maximum absolute atomic E-state index is 12.3. The van der Waals surface area contributed by atoms with Crippen LogP contribution in [-0.2, 0) is 0 Å². The van der Waals surface area contributed by atoms with Gasteiger partial charge >= 0.3 is 0 Å². The number of hydrogen-bond acceptors (Lipinski definition) is 3. The van der Waals surface area contributed by atoms with Crippen molar-refractivity contribution in [1.82, 2.24) is 10.6 Å². The molecule has 23 heavy (non-hydrogen) atoms. The number of para-hydroxylation sites is 1. The van der Waals surface area contributed by atoms with Crippen molar-refractivity contribution in [3.63, 3.8) is 0 Å². The van der Waals surface area contributed by atoms with Crippen LogP contribution in [0.2, 0.25) is 0 Å². The molecule has 2 aromatic carbocycles. The van der Waals surface area contributed by atoms with Crippen molar-refractivity contribution >= 4 is 5.91 Å². The Bertz CT molecular complexity index is 637. The topological polar surface area (TPSA) is 50.4 Å². The van der Waals surface area contributed by atoms with Gasteiger partial charge in [-0.15, -0.1) is 0 Å². The fourth-order valence-corrected chi connectivity index (χ4v) is 2.76. The predicted molar refractivity (Wildman–Crippen MR) is 90.9 cm³/mol. The molecule has 0 aromatic heterocycles. The van der Waals surface area contributed by atoms with Gasteiger partial charge in [0, 0.05) is 12.1 Å². The van der Waals surface area contributed by atoms with Gasteiger partial charge in [-0.3, -0.25) is 4.79 Å². The summed E-state index contributed by atoms with van der Waals surface area (Å²) in [5.74, 6) is 1.91. The number of benzene rings is 2. The van der Waals surface area contributed by atoms with Gasteiger partial charge in [-0.05, 0) is 62.2 Å². The Morgan fingerprint density at radius 3 is 2.74 bits per heavy atom. The Morgan fingerprint density at radius 1 is 1.13 bits per heavy atom. The number of carbonyl (C=O) groups is 1. The summed E-state index contributed by atoms with van der Waals surface area (Å²) in [7, 11) is 0. The second kappa shape index (κ2) is 7.79. The van der Waals surface area contributed by atoms with Crippen molar-refractivity contribution in [3.05, 3.63) is 60.2 Å². The molecule has 3 rings (SSSR count). The van der Waals surface area contributed by atoms with Gasteiger partial charge in [-0.1, -0.05) is 24.3 Å². The molecule has 0 aliphatic carbocycles. The van der Waals surface area contributed by atoms with E-state index in [4.69, 9.17) is 4.74 Å². The first-order chi connectivity index (χ1) is 11.3. The molecule has 2 N–H and O–H groups in total. The molecule has 1 unspecified atom stereocenters. The summed E-state index contributed by atoms with van der Waals surface area (Å²) < 4.78 is 5.77. The molecule has 4 heteroatoms. The molecule has 0 saturated carbocycles. The quantitative estimate of drug-likeness (QED) is 0.891. The second-order valence-corrected chi connectivity index (χ2v) is 5.87. The maximum Gasteiger partial charge on any atom is 0.251 e. The molecule has 2 aromatic rings. The van der Waals surface area contributed by atoms with Gasteiger partial charge in [-0.25, -0.2) is 0 Å². The lowest BCUT2D eigenvalue weighted by Gasteiger charge is -2.22. The number of amides is 1. The highest BCUT2D eigenvalue weighted by molar-refractivity contribution is 5.94. The van der Waals surface area contributed by atoms with Crippen LogP contribution in [0.1, 0.15) is 23.2 Å². The summed E-state index contributed by atoms with van der Waals surface area (Å²) in [6.07, 6.45) is 2.35. The first kappa shape index (κ1) is 15.6. The zero-order chi connectivity index (χ0) is 15.9. The third-order valence-electron chi connectivity index (χ3n) is 4.03. The van der Waals surface area contributed by atoms with Crippen LogP contribution in [0.15, 0.2) is 54.6 Å². The van der Waals surface area contributed by atoms with Crippen LogP contribution in [0.4, 0.5) is 0 Å². The maximum atomic E-state index is 12.3. The van der Waals surface area contributed by atoms with Crippen LogP contribution < -0.4 is 15.4 Å². The Kier molecular flexibility index (Phi) is 5.27. The summed E-state index contributed by atoms with van der Waals surface area (Å²) in [6, 6.07) is 16.9. The van der Waals surface area contributed by atoms with Gasteiger partial charge in [0.2, 0.25) is 0 Å². The van der Waals surface area contributed by atoms with Crippen molar-refractivity contribution in [3.8, 4) is 11.5 Å². The van der Waals surface area contributed by atoms with E-state index < -0.39 is 0 Å². The summed E-state index contributed by atoms with van der Waals surface area (Å²) in [5.41, 5.74) is 0.627. The van der Waals surface area contributed by atoms with Crippen LogP contribution >= 0.6 is 0 Å². The largest absolute Gasteiger partial charge is 0.457 e. The highest BCUT2D eigenvalue weighted by Crippen LogP contribution is 2.21. The number of hydrogen-bond donors (Lipinski definition) is 2. The molecule has 1 atom stereocenters. The van der Waals surface area contributed by atoms with Crippen molar-refractivity contribution in [1.29, 1.82) is 0 Å². The molecule has 1 aliphatic heterocycles. The van der Waals surface area contributed by atoms with Gasteiger partial charge < -0.3 is 15.4 Å². The molecule has 0 radical (unpaired) electrons. The molecular weight excluding hydrogens is 288 g/mol. The summed E-state index contributed by atoms with van der Waals surface area (Å²) >= 11 is 0. The van der Waals surface area contributed by atoms with Crippen LogP contribution in [0.25, 0.3) is 0 Å². The number of ether oxygens (including phenoxy) is 1. The molecule has 1 fully saturated rings. The summed E-state index contributed by atoms with van der Waals surface area (Å²) in [4.78, 5) is 12.3. The fourth-order valence-electron chi connectivity index (χ4n) is 2.76. The zero-order valence-electron chi connectivity index (χ0n) is 13.1. The van der Waals surface area contributed by atoms with Gasteiger partial charge in [0.15, 0.2) is 0 Å². The van der Waals surface area contributed by atoms with Crippen LogP contribution in [0, 0.1) is 5.92 Å². The average molecular weight is 310 g/mol. The van der Waals surface area contributed by atoms with Crippen molar-refractivity contribution in [2.75, 3.05) is 19.6 Å². The average Bonchev–Trinajstić information content (AvgIpc) is 2.62. The van der Waals surface area contributed by atoms with Gasteiger partial charge in [-0.2, -0.15) is 0 Å². The van der Waals surface area contributed by atoms with E-state index in [1.54, 1.807) is 6.07 Å². The van der Waals surface area contributed by atoms with Crippen molar-refractivity contribution < 1.29 is 9.53 Å². The number of rotatable bonds is 5. The van der Waals surface area contributed by atoms with E-state index in [1.807, 2.05) is 48.5 Å². The number of carbonyl (C=O) groups excluding carboxylic acids is 1. The summed E-state index contributed by atoms with van der Waals surface area (Å²) in [5, 5.41) is 6.39. The van der Waals surface area contributed by atoms with Crippen LogP contribution in [0.3, 0.4) is 0 Å². The monoisotopic (exact) mass is 310 g/mol. The Balaban J connectivity index is 1.58. The lowest BCUT2D eigenvalue weighted by atomic mass is 9.99. The molecule has 120 valence electrons. The highest BCUT2D eigenvalue weighted by Gasteiger charge is 2.14. The second-order valence-electron chi connectivity index (χ2n) is 5.87. The molecule has 0 bridgehead atoms. The smallest absolute Gasteiger partial charge is 0.251 e. The number of piperidine rings is 1. The van der Waals surface area contributed by atoms with E-state index in [0.29, 0.717) is 17.2 Å². The molecule has 1 saturated heterocycles. The Morgan fingerprint density at radius 2 is 1.96 bits per heavy atom. The minimum Gasteiger partial charge on any atom is -0.457 e. The molecule has 4 nitrogen and oxygen atoms in total. The van der Waals surface area contributed by atoms with E-state index in [9.17, 15) is 4.79 Å². The minimum atomic E-state index is -0.0471. The molecule has 1 heterocycles. The predicted octanol–water partition coefficient (Wildman–Crippen LogP) is 3.21. The highest BCUT2D eigenvalue weighted by atomic mass is 16.5. The van der Waals surface area contributed by atoms with Crippen molar-refractivity contribution in [2.24, 2.45) is 5.92 Å².